The minimum absolute atomic E-state index is 0.189. The SMILES string of the molecule is CN(C)c1cnnc(NCCNC(=O)CN2C(=O)CCC2=O)c1. The summed E-state index contributed by atoms with van der Waals surface area (Å²) in [5.74, 6) is -0.336. The number of hydrogen-bond acceptors (Lipinski definition) is 7. The highest BCUT2D eigenvalue weighted by molar-refractivity contribution is 6.04. The maximum Gasteiger partial charge on any atom is 0.240 e. The van der Waals surface area contributed by atoms with Crippen molar-refractivity contribution in [1.82, 2.24) is 20.4 Å². The van der Waals surface area contributed by atoms with Crippen LogP contribution < -0.4 is 15.5 Å². The van der Waals surface area contributed by atoms with Gasteiger partial charge in [-0.3, -0.25) is 19.3 Å². The van der Waals surface area contributed by atoms with Crippen LogP contribution in [-0.4, -0.2) is 66.5 Å². The van der Waals surface area contributed by atoms with Crippen molar-refractivity contribution in [1.29, 1.82) is 0 Å². The van der Waals surface area contributed by atoms with Crippen LogP contribution in [0.2, 0.25) is 0 Å². The second kappa shape index (κ2) is 7.52. The van der Waals surface area contributed by atoms with Gasteiger partial charge in [-0.25, -0.2) is 0 Å². The van der Waals surface area contributed by atoms with Crippen LogP contribution in [0.25, 0.3) is 0 Å². The standard InChI is InChI=1S/C14H20N6O3/c1-19(2)10-7-11(18-17-8-10)15-5-6-16-12(21)9-20-13(22)3-4-14(20)23/h7-8H,3-6,9H2,1-2H3,(H,15,18)(H,16,21). The first kappa shape index (κ1) is 16.7. The molecule has 0 atom stereocenters. The summed E-state index contributed by atoms with van der Waals surface area (Å²) in [6.07, 6.45) is 2.03. The van der Waals surface area contributed by atoms with Crippen molar-refractivity contribution in [3.63, 3.8) is 0 Å². The van der Waals surface area contributed by atoms with E-state index in [0.29, 0.717) is 18.9 Å². The molecule has 0 saturated carbocycles. The summed E-state index contributed by atoms with van der Waals surface area (Å²) in [5.41, 5.74) is 0.914. The Bertz CT molecular complexity index is 588. The van der Waals surface area contributed by atoms with Gasteiger partial charge in [0.25, 0.3) is 0 Å². The van der Waals surface area contributed by atoms with Crippen LogP contribution in [0.4, 0.5) is 11.5 Å². The van der Waals surface area contributed by atoms with Crippen LogP contribution in [0.1, 0.15) is 12.8 Å². The molecule has 124 valence electrons. The van der Waals surface area contributed by atoms with E-state index in [1.54, 1.807) is 6.20 Å². The van der Waals surface area contributed by atoms with Gasteiger partial charge < -0.3 is 15.5 Å². The molecule has 2 N–H and O–H groups in total. The van der Waals surface area contributed by atoms with Crippen molar-refractivity contribution in [2.75, 3.05) is 43.9 Å². The largest absolute Gasteiger partial charge is 0.376 e. The van der Waals surface area contributed by atoms with Crippen LogP contribution in [0, 0.1) is 0 Å². The van der Waals surface area contributed by atoms with E-state index in [0.717, 1.165) is 10.6 Å². The van der Waals surface area contributed by atoms with Gasteiger partial charge in [0.05, 0.1) is 11.9 Å². The van der Waals surface area contributed by atoms with Crippen molar-refractivity contribution in [2.45, 2.75) is 12.8 Å². The molecular formula is C14H20N6O3. The maximum atomic E-state index is 11.7. The third-order valence-corrected chi connectivity index (χ3v) is 3.37. The molecular weight excluding hydrogens is 300 g/mol. The van der Waals surface area contributed by atoms with Gasteiger partial charge in [0, 0.05) is 46.1 Å². The molecule has 1 aliphatic rings. The second-order valence-electron chi connectivity index (χ2n) is 5.34. The first-order valence-electron chi connectivity index (χ1n) is 7.31. The molecule has 3 amide bonds. The van der Waals surface area contributed by atoms with Crippen LogP contribution in [0.3, 0.4) is 0 Å². The summed E-state index contributed by atoms with van der Waals surface area (Å²) in [6, 6.07) is 1.84. The molecule has 0 aliphatic carbocycles. The third-order valence-electron chi connectivity index (χ3n) is 3.37. The lowest BCUT2D eigenvalue weighted by Gasteiger charge is -2.14. The molecule has 0 unspecified atom stereocenters. The third kappa shape index (κ3) is 4.63. The highest BCUT2D eigenvalue weighted by atomic mass is 16.2. The minimum atomic E-state index is -0.358. The van der Waals surface area contributed by atoms with E-state index in [-0.39, 0.29) is 37.1 Å². The summed E-state index contributed by atoms with van der Waals surface area (Å²) in [5, 5.41) is 13.5. The summed E-state index contributed by atoms with van der Waals surface area (Å²) >= 11 is 0. The predicted octanol–water partition coefficient (Wildman–Crippen LogP) is -0.780. The van der Waals surface area contributed by atoms with E-state index >= 15 is 0 Å². The maximum absolute atomic E-state index is 11.7. The summed E-state index contributed by atoms with van der Waals surface area (Å²) in [6.45, 7) is 0.593. The fraction of sp³-hybridized carbons (Fsp3) is 0.500. The number of nitrogens with zero attached hydrogens (tertiary/aromatic N) is 4. The van der Waals surface area contributed by atoms with E-state index in [1.807, 2.05) is 25.1 Å². The smallest absolute Gasteiger partial charge is 0.240 e. The molecule has 0 radical (unpaired) electrons. The van der Waals surface area contributed by atoms with Crippen LogP contribution in [-0.2, 0) is 14.4 Å². The van der Waals surface area contributed by atoms with Crippen LogP contribution in [0.15, 0.2) is 12.3 Å². The van der Waals surface area contributed by atoms with Crippen LogP contribution in [0.5, 0.6) is 0 Å². The van der Waals surface area contributed by atoms with Crippen molar-refractivity contribution < 1.29 is 14.4 Å². The number of carbonyl (C=O) groups excluding carboxylic acids is 3. The average molecular weight is 320 g/mol. The molecule has 2 rings (SSSR count). The zero-order chi connectivity index (χ0) is 16.8. The molecule has 23 heavy (non-hydrogen) atoms. The van der Waals surface area contributed by atoms with Gasteiger partial charge >= 0.3 is 0 Å². The molecule has 1 aliphatic heterocycles. The van der Waals surface area contributed by atoms with Gasteiger partial charge in [0.2, 0.25) is 17.7 Å². The molecule has 1 aromatic heterocycles. The molecule has 1 saturated heterocycles. The molecule has 1 aromatic rings. The van der Waals surface area contributed by atoms with Crippen molar-refractivity contribution in [3.8, 4) is 0 Å². The van der Waals surface area contributed by atoms with Gasteiger partial charge in [0.15, 0.2) is 5.82 Å². The van der Waals surface area contributed by atoms with Gasteiger partial charge in [-0.15, -0.1) is 5.10 Å². The first-order chi connectivity index (χ1) is 11.0. The quantitative estimate of drug-likeness (QED) is 0.501. The monoisotopic (exact) mass is 320 g/mol. The Hall–Kier alpha value is -2.71. The topological polar surface area (TPSA) is 108 Å². The van der Waals surface area contributed by atoms with Gasteiger partial charge in [-0.1, -0.05) is 0 Å². The van der Waals surface area contributed by atoms with E-state index in [2.05, 4.69) is 20.8 Å². The number of carbonyl (C=O) groups is 3. The molecule has 0 aromatic carbocycles. The Labute approximate surface area is 134 Å². The fourth-order valence-corrected chi connectivity index (χ4v) is 2.08. The highest BCUT2D eigenvalue weighted by Gasteiger charge is 2.30. The lowest BCUT2D eigenvalue weighted by atomic mass is 10.4. The number of hydrogen-bond donors (Lipinski definition) is 2. The molecule has 9 heteroatoms. The highest BCUT2D eigenvalue weighted by Crippen LogP contribution is 2.12. The number of imide groups is 1. The zero-order valence-electron chi connectivity index (χ0n) is 13.2. The minimum Gasteiger partial charge on any atom is -0.376 e. The number of nitrogens with one attached hydrogen (secondary N) is 2. The molecule has 9 nitrogen and oxygen atoms in total. The fourth-order valence-electron chi connectivity index (χ4n) is 2.08. The Morgan fingerprint density at radius 2 is 1.96 bits per heavy atom. The average Bonchev–Trinajstić information content (AvgIpc) is 2.84. The van der Waals surface area contributed by atoms with Crippen molar-refractivity contribution >= 4 is 29.2 Å². The summed E-state index contributed by atoms with van der Waals surface area (Å²) in [7, 11) is 3.81. The molecule has 2 heterocycles. The Kier molecular flexibility index (Phi) is 5.45. The molecule has 0 bridgehead atoms. The Morgan fingerprint density at radius 3 is 2.61 bits per heavy atom. The van der Waals surface area contributed by atoms with Crippen LogP contribution >= 0.6 is 0 Å². The first-order valence-corrected chi connectivity index (χ1v) is 7.31. The number of amides is 3. The predicted molar refractivity (Wildman–Crippen MR) is 83.8 cm³/mol. The number of likely N-dealkylation sites (tertiary alicyclic amines) is 1. The number of rotatable bonds is 7. The van der Waals surface area contributed by atoms with Crippen molar-refractivity contribution in [3.05, 3.63) is 12.3 Å². The zero-order valence-corrected chi connectivity index (χ0v) is 13.2. The van der Waals surface area contributed by atoms with Crippen molar-refractivity contribution in [2.24, 2.45) is 0 Å². The molecule has 1 fully saturated rings. The van der Waals surface area contributed by atoms with E-state index in [1.165, 1.54) is 0 Å². The lowest BCUT2D eigenvalue weighted by molar-refractivity contribution is -0.142. The van der Waals surface area contributed by atoms with E-state index in [9.17, 15) is 14.4 Å². The summed E-state index contributed by atoms with van der Waals surface area (Å²) in [4.78, 5) is 37.5. The second-order valence-corrected chi connectivity index (χ2v) is 5.34. The van der Waals surface area contributed by atoms with E-state index < -0.39 is 0 Å². The molecule has 0 spiro atoms. The van der Waals surface area contributed by atoms with Gasteiger partial charge in [-0.2, -0.15) is 5.10 Å². The Morgan fingerprint density at radius 1 is 1.26 bits per heavy atom. The van der Waals surface area contributed by atoms with Gasteiger partial charge in [0.1, 0.15) is 6.54 Å². The number of aromatic nitrogens is 2. The lowest BCUT2D eigenvalue weighted by Crippen LogP contribution is -2.41. The van der Waals surface area contributed by atoms with Gasteiger partial charge in [-0.05, 0) is 0 Å². The van der Waals surface area contributed by atoms with E-state index in [4.69, 9.17) is 0 Å². The normalized spacial score (nSPS) is 14.1. The summed E-state index contributed by atoms with van der Waals surface area (Å²) < 4.78 is 0. The number of anilines is 2. The Balaban J connectivity index is 1.71.